The first kappa shape index (κ1) is 66.3. The number of ether oxygens (including phenoxy) is 7. The predicted octanol–water partition coefficient (Wildman–Crippen LogP) is 4.55. The minimum atomic E-state index is -1.78. The van der Waals surface area contributed by atoms with E-state index in [0.29, 0.717) is 16.5 Å². The number of methoxy groups -OCH3 is 1. The summed E-state index contributed by atoms with van der Waals surface area (Å²) in [5.74, 6) is -7.66. The Kier molecular flexibility index (Phi) is 18.2. The number of H-pyrrole nitrogens is 1. The van der Waals surface area contributed by atoms with Crippen molar-refractivity contribution in [1.29, 1.82) is 0 Å². The number of hydrogen-bond acceptors (Lipinski definition) is 29. The number of nitrogens with one attached hydrogen (secondary N) is 6. The van der Waals surface area contributed by atoms with Crippen molar-refractivity contribution in [3.05, 3.63) is 124 Å². The number of nitrogens with two attached hydrogens (primary N) is 1. The van der Waals surface area contributed by atoms with Gasteiger partial charge in [-0.2, -0.15) is 0 Å². The minimum absolute atomic E-state index is 0.00477. The number of aliphatic hydroxyl groups is 1. The van der Waals surface area contributed by atoms with E-state index in [-0.39, 0.29) is 119 Å². The molecule has 7 aromatic heterocycles. The van der Waals surface area contributed by atoms with E-state index < -0.39 is 126 Å². The van der Waals surface area contributed by atoms with E-state index in [2.05, 4.69) is 53.1 Å². The molecule has 13 rings (SSSR count). The Morgan fingerprint density at radius 1 is 0.856 bits per heavy atom. The molecule has 10 N–H and O–H groups in total. The maximum absolute atomic E-state index is 15.2. The molecule has 8 aromatic rings. The molecular weight excluding hydrogens is 1360 g/mol. The molecule has 0 radical (unpaired) electrons. The first-order valence-corrected chi connectivity index (χ1v) is 34.1. The molecule has 5 aliphatic heterocycles. The third-order valence-electron chi connectivity index (χ3n) is 16.7. The number of fused-ring (bicyclic) bond motifs is 16. The van der Waals surface area contributed by atoms with Gasteiger partial charge >= 0.3 is 11.9 Å². The van der Waals surface area contributed by atoms with Gasteiger partial charge in [0.2, 0.25) is 5.91 Å². The fraction of sp³-hybridized carbons (Fsp3) is 0.344. The van der Waals surface area contributed by atoms with Gasteiger partial charge in [-0.3, -0.25) is 33.7 Å². The standard InChI is InChI=1S/C61H58N14O17S5/c1-22(48(62)78)63-49(79)32-18-96-57(69-32)43-36(77)11-27-41(71-43)31-16-94-55(66-31)30-15-89-59(84)42-28-14-87-45(46(60(85)88-13-26-9-8-10-29(64-42)38(26)28)92-37-12-61(5)47(25(4)91-37)75(6)21-90-61)44(58-70-33(19-97-58)50(80)65-30)74-52(82)35-20-95-56(68-35)40(24(3)86-7)73-53(83)39(23(2)76)72-51(81)34-17-93-54(27)67-34/h8-11,16-20,23,25,30,37,39,44-47,64,76-77H,1,12-15,21H2,2-7H3,(H2,62,78)(H,63,79)(H,65,80)(H,72,81)(H,73,83)(H,74,82)/t23-,25+,30+,37+,39+,44+,45?,46+,47-,61+/m1/s1. The molecule has 0 spiro atoms. The Morgan fingerprint density at radius 2 is 1.55 bits per heavy atom. The van der Waals surface area contributed by atoms with Crippen molar-refractivity contribution in [1.82, 2.24) is 66.4 Å². The number of primary amides is 1. The Bertz CT molecular complexity index is 4590. The lowest BCUT2D eigenvalue weighted by Gasteiger charge is -2.45. The molecule has 2 fully saturated rings. The molecule has 10 atom stereocenters. The van der Waals surface area contributed by atoms with Gasteiger partial charge in [0.15, 0.2) is 12.4 Å². The van der Waals surface area contributed by atoms with Crippen LogP contribution in [0.5, 0.6) is 5.75 Å². The molecular formula is C61H58N14O17S5. The van der Waals surface area contributed by atoms with Crippen LogP contribution in [0.15, 0.2) is 69.2 Å². The van der Waals surface area contributed by atoms with Crippen molar-refractivity contribution in [3.8, 4) is 38.4 Å². The largest absolute Gasteiger partial charge is 0.506 e. The number of aromatic hydroxyl groups is 1. The molecule has 0 aliphatic carbocycles. The number of nitrogens with zero attached hydrogens (tertiary/aromatic N) is 7. The molecule has 0 saturated carbocycles. The number of benzene rings is 1. The number of aromatic nitrogens is 7. The predicted molar refractivity (Wildman–Crippen MR) is 347 cm³/mol. The zero-order valence-corrected chi connectivity index (χ0v) is 56.0. The van der Waals surface area contributed by atoms with Crippen LogP contribution in [-0.4, -0.2) is 173 Å². The van der Waals surface area contributed by atoms with Crippen LogP contribution in [0, 0.1) is 0 Å². The molecule has 1 aromatic carbocycles. The number of carbonyl (C=O) groups excluding carboxylic acids is 8. The first-order chi connectivity index (χ1) is 46.4. The van der Waals surface area contributed by atoms with Crippen molar-refractivity contribution in [2.45, 2.75) is 108 Å². The molecule has 5 aliphatic rings. The molecule has 2 saturated heterocycles. The lowest BCUT2D eigenvalue weighted by Crippen LogP contribution is -2.58. The Labute approximate surface area is 568 Å². The number of allylic oxidation sites excluding steroid dienone is 1. The van der Waals surface area contributed by atoms with E-state index in [9.17, 15) is 39.0 Å². The van der Waals surface area contributed by atoms with Crippen LogP contribution in [-0.2, 0) is 60.8 Å². The van der Waals surface area contributed by atoms with Crippen molar-refractivity contribution in [2.24, 2.45) is 5.73 Å². The number of amides is 6. The second-order valence-corrected chi connectivity index (χ2v) is 27.6. The molecule has 12 heterocycles. The number of likely N-dealkylation sites (N-methyl/N-ethyl adjacent to an activating group) is 1. The molecule has 97 heavy (non-hydrogen) atoms. The van der Waals surface area contributed by atoms with Crippen LogP contribution in [0.3, 0.4) is 0 Å². The second-order valence-electron chi connectivity index (χ2n) is 23.2. The summed E-state index contributed by atoms with van der Waals surface area (Å²) in [6.07, 6.45) is -6.51. The fourth-order valence-electron chi connectivity index (χ4n) is 11.9. The van der Waals surface area contributed by atoms with Crippen LogP contribution >= 0.6 is 56.7 Å². The van der Waals surface area contributed by atoms with Crippen LogP contribution < -0.4 is 32.3 Å². The first-order valence-electron chi connectivity index (χ1n) is 29.7. The highest BCUT2D eigenvalue weighted by molar-refractivity contribution is 7.14. The average molecular weight is 1420 g/mol. The Hall–Kier alpha value is -9.34. The van der Waals surface area contributed by atoms with Crippen molar-refractivity contribution in [2.75, 3.05) is 27.5 Å². The molecule has 1 unspecified atom stereocenters. The lowest BCUT2D eigenvalue weighted by molar-refractivity contribution is -0.268. The second kappa shape index (κ2) is 26.6. The summed E-state index contributed by atoms with van der Waals surface area (Å²) in [5, 5.41) is 44.1. The van der Waals surface area contributed by atoms with E-state index in [1.807, 2.05) is 25.8 Å². The topological polar surface area (TPSA) is 424 Å². The summed E-state index contributed by atoms with van der Waals surface area (Å²) in [4.78, 5) is 147. The smallest absolute Gasteiger partial charge is 0.355 e. The van der Waals surface area contributed by atoms with Gasteiger partial charge in [-0.05, 0) is 52.4 Å². The Balaban J connectivity index is 0.975. The highest BCUT2D eigenvalue weighted by Crippen LogP contribution is 2.44. The zero-order chi connectivity index (χ0) is 68.5. The highest BCUT2D eigenvalue weighted by atomic mass is 32.1. The van der Waals surface area contributed by atoms with Crippen LogP contribution in [0.4, 0.5) is 0 Å². The summed E-state index contributed by atoms with van der Waals surface area (Å²) in [7, 11) is 3.23. The summed E-state index contributed by atoms with van der Waals surface area (Å²) in [5.41, 5.74) is 4.21. The number of aromatic amines is 1. The van der Waals surface area contributed by atoms with Crippen molar-refractivity contribution < 1.29 is 81.7 Å². The lowest BCUT2D eigenvalue weighted by atomic mass is 9.86. The maximum atomic E-state index is 15.2. The van der Waals surface area contributed by atoms with E-state index >= 15 is 9.59 Å². The van der Waals surface area contributed by atoms with Gasteiger partial charge in [-0.15, -0.1) is 56.7 Å². The number of carbonyl (C=O) groups is 8. The average Bonchev–Trinajstić information content (AvgIpc) is 1.65. The summed E-state index contributed by atoms with van der Waals surface area (Å²) < 4.78 is 44.5. The number of hydrogen-bond donors (Lipinski definition) is 9. The molecule has 36 heteroatoms. The minimum Gasteiger partial charge on any atom is -0.506 e. The number of cyclic esters (lactones) is 2. The fourth-order valence-corrected chi connectivity index (χ4v) is 16.1. The monoisotopic (exact) mass is 1420 g/mol. The van der Waals surface area contributed by atoms with Gasteiger partial charge in [0.05, 0.1) is 50.0 Å². The summed E-state index contributed by atoms with van der Waals surface area (Å²) in [6.45, 7) is 8.93. The zero-order valence-electron chi connectivity index (χ0n) is 51.9. The molecule has 6 amide bonds. The van der Waals surface area contributed by atoms with E-state index in [0.717, 1.165) is 56.7 Å². The van der Waals surface area contributed by atoms with Gasteiger partial charge in [-0.1, -0.05) is 18.7 Å². The van der Waals surface area contributed by atoms with E-state index in [1.54, 1.807) is 23.6 Å². The third-order valence-corrected chi connectivity index (χ3v) is 21.2. The summed E-state index contributed by atoms with van der Waals surface area (Å²) >= 11 is 4.66. The number of esters is 2. The van der Waals surface area contributed by atoms with Crippen LogP contribution in [0.25, 0.3) is 49.3 Å². The number of thiazole rings is 5. The number of pyridine rings is 1. The SMILES string of the molecule is C=C(NC(=O)c1csc(-c2nc3c(cc2O)-c2nc(cs2)C(=O)N[C@@H]([C@@H](C)O)C(=O)NC(=C(C)OC)c2nc(cs2)C(=O)N[C@@H]2c4nc(cs4)C(=O)N[C@@H](COC(=O)c4[nH]c5cccc6c5c4COC2[C@H](O[C@H]2C[C@]4(C)OCN(C)[C@@H]4[C@H](C)O2)C(=O)OC6)c2nc-3cs2)n1)C(N)=O. The molecule has 504 valence electrons. The highest BCUT2D eigenvalue weighted by Gasteiger charge is 2.54. The number of aliphatic hydroxyl groups excluding tert-OH is 1. The van der Waals surface area contributed by atoms with Crippen LogP contribution in [0.1, 0.15) is 125 Å². The quantitative estimate of drug-likeness (QED) is 0.0572. The van der Waals surface area contributed by atoms with Gasteiger partial charge in [-0.25, -0.2) is 39.5 Å². The third kappa shape index (κ3) is 12.9. The van der Waals surface area contributed by atoms with E-state index in [1.165, 1.54) is 48.5 Å². The van der Waals surface area contributed by atoms with Crippen molar-refractivity contribution in [3.63, 3.8) is 0 Å². The van der Waals surface area contributed by atoms with Gasteiger partial charge < -0.3 is 80.7 Å². The Morgan fingerprint density at radius 3 is 2.31 bits per heavy atom. The van der Waals surface area contributed by atoms with Gasteiger partial charge in [0.25, 0.3) is 29.5 Å². The van der Waals surface area contributed by atoms with Crippen LogP contribution in [0.2, 0.25) is 0 Å². The van der Waals surface area contributed by atoms with E-state index in [4.69, 9.17) is 53.8 Å². The van der Waals surface area contributed by atoms with Crippen molar-refractivity contribution >= 4 is 121 Å². The van der Waals surface area contributed by atoms with Gasteiger partial charge in [0.1, 0.15) is 125 Å². The van der Waals surface area contributed by atoms with Gasteiger partial charge in [0, 0.05) is 55.4 Å². The molecule has 31 nitrogen and oxygen atoms in total. The molecule has 12 bridgehead atoms. The number of rotatable bonds is 8. The summed E-state index contributed by atoms with van der Waals surface area (Å²) in [6, 6.07) is 1.72. The maximum Gasteiger partial charge on any atom is 0.355 e. The normalized spacial score (nSPS) is 24.9.